The van der Waals surface area contributed by atoms with Crippen molar-refractivity contribution in [1.82, 2.24) is 9.21 Å². The molecule has 1 atom stereocenters. The summed E-state index contributed by atoms with van der Waals surface area (Å²) in [5.41, 5.74) is 0.512. The molecule has 0 aliphatic carbocycles. The Hall–Kier alpha value is -0.950. The number of benzene rings is 1. The lowest BCUT2D eigenvalue weighted by Crippen LogP contribution is -2.37. The highest BCUT2D eigenvalue weighted by Crippen LogP contribution is 2.24. The van der Waals surface area contributed by atoms with Crippen molar-refractivity contribution in [3.63, 3.8) is 0 Å². The van der Waals surface area contributed by atoms with E-state index in [0.717, 1.165) is 19.5 Å². The highest BCUT2D eigenvalue weighted by atomic mass is 35.5. The van der Waals surface area contributed by atoms with Gasteiger partial charge < -0.3 is 0 Å². The normalized spacial score (nSPS) is 23.5. The summed E-state index contributed by atoms with van der Waals surface area (Å²) >= 11 is 5.71. The number of halogens is 2. The zero-order valence-corrected chi connectivity index (χ0v) is 13.7. The number of rotatable bonds is 4. The van der Waals surface area contributed by atoms with Crippen molar-refractivity contribution in [1.29, 1.82) is 0 Å². The van der Waals surface area contributed by atoms with Crippen molar-refractivity contribution in [3.05, 3.63) is 46.8 Å². The molecule has 4 nitrogen and oxygen atoms in total. The molecule has 0 spiro atoms. The topological polar surface area (TPSA) is 40.6 Å². The minimum Gasteiger partial charge on any atom is -0.292 e. The predicted octanol–water partition coefficient (Wildman–Crippen LogP) is 2.26. The molecule has 3 rings (SSSR count). The van der Waals surface area contributed by atoms with Gasteiger partial charge in [0.25, 0.3) is 0 Å². The van der Waals surface area contributed by atoms with Crippen LogP contribution in [0.1, 0.15) is 12.0 Å². The fraction of sp³-hybridized carbons (Fsp3) is 0.467. The molecule has 0 radical (unpaired) electrons. The van der Waals surface area contributed by atoms with Gasteiger partial charge >= 0.3 is 0 Å². The Morgan fingerprint density at radius 1 is 1.27 bits per heavy atom. The van der Waals surface area contributed by atoms with Crippen molar-refractivity contribution in [2.24, 2.45) is 0 Å². The van der Waals surface area contributed by atoms with E-state index in [1.807, 2.05) is 0 Å². The van der Waals surface area contributed by atoms with E-state index in [1.165, 1.54) is 22.5 Å². The molecule has 0 unspecified atom stereocenters. The monoisotopic (exact) mass is 344 g/mol. The maximum Gasteiger partial charge on any atom is 0.218 e. The van der Waals surface area contributed by atoms with Gasteiger partial charge in [0.05, 0.1) is 10.8 Å². The summed E-state index contributed by atoms with van der Waals surface area (Å²) in [6.45, 7) is 2.86. The van der Waals surface area contributed by atoms with E-state index in [1.54, 1.807) is 0 Å². The van der Waals surface area contributed by atoms with Gasteiger partial charge in [-0.25, -0.2) is 17.1 Å². The molecule has 7 heteroatoms. The lowest BCUT2D eigenvalue weighted by atomic mass is 10.2. The van der Waals surface area contributed by atoms with Crippen molar-refractivity contribution in [2.75, 3.05) is 26.2 Å². The van der Waals surface area contributed by atoms with Gasteiger partial charge in [0.15, 0.2) is 0 Å². The molecule has 1 saturated heterocycles. The first-order chi connectivity index (χ1) is 10.5. The Balaban J connectivity index is 1.66. The van der Waals surface area contributed by atoms with Crippen molar-refractivity contribution in [3.8, 4) is 0 Å². The highest BCUT2D eigenvalue weighted by molar-refractivity contribution is 7.88. The fourth-order valence-electron chi connectivity index (χ4n) is 2.99. The third-order valence-corrected chi connectivity index (χ3v) is 6.32. The second-order valence-corrected chi connectivity index (χ2v) is 8.11. The molecule has 0 bridgehead atoms. The molecule has 0 N–H and O–H groups in total. The molecule has 0 amide bonds. The van der Waals surface area contributed by atoms with E-state index in [9.17, 15) is 12.8 Å². The SMILES string of the molecule is O=S(=O)(Cc1ccc(F)c(Cl)c1)N1CC[C@@H](N2CC=CC2)C1. The summed E-state index contributed by atoms with van der Waals surface area (Å²) in [6, 6.07) is 4.33. The van der Waals surface area contributed by atoms with Crippen LogP contribution in [0.5, 0.6) is 0 Å². The minimum absolute atomic E-state index is 0.0462. The largest absolute Gasteiger partial charge is 0.292 e. The van der Waals surface area contributed by atoms with Crippen molar-refractivity contribution in [2.45, 2.75) is 18.2 Å². The lowest BCUT2D eigenvalue weighted by Gasteiger charge is -2.23. The predicted molar refractivity (Wildman–Crippen MR) is 84.7 cm³/mol. The standard InChI is InChI=1S/C15H18ClFN2O2S/c16-14-9-12(3-4-15(14)17)11-22(20,21)19-8-5-13(10-19)18-6-1-2-7-18/h1-4,9,13H,5-8,10-11H2/t13-/m1/s1. The Morgan fingerprint density at radius 3 is 2.68 bits per heavy atom. The Bertz CT molecular complexity index is 685. The molecular weight excluding hydrogens is 327 g/mol. The summed E-state index contributed by atoms with van der Waals surface area (Å²) in [5, 5.41) is -0.0462. The number of nitrogens with zero attached hydrogens (tertiary/aromatic N) is 2. The van der Waals surface area contributed by atoms with Crippen LogP contribution < -0.4 is 0 Å². The van der Waals surface area contributed by atoms with Crippen LogP contribution in [0.3, 0.4) is 0 Å². The van der Waals surface area contributed by atoms with Crippen LogP contribution in [0.25, 0.3) is 0 Å². The van der Waals surface area contributed by atoms with Gasteiger partial charge in [0.1, 0.15) is 5.82 Å². The molecule has 1 aromatic rings. The highest BCUT2D eigenvalue weighted by Gasteiger charge is 2.34. The molecular formula is C15H18ClFN2O2S. The van der Waals surface area contributed by atoms with Gasteiger partial charge in [-0.1, -0.05) is 29.8 Å². The van der Waals surface area contributed by atoms with Crippen LogP contribution >= 0.6 is 11.6 Å². The van der Waals surface area contributed by atoms with Crippen molar-refractivity contribution < 1.29 is 12.8 Å². The van der Waals surface area contributed by atoms with Gasteiger partial charge in [-0.3, -0.25) is 4.90 Å². The number of sulfonamides is 1. The van der Waals surface area contributed by atoms with Crippen LogP contribution in [-0.2, 0) is 15.8 Å². The lowest BCUT2D eigenvalue weighted by molar-refractivity contribution is 0.261. The zero-order chi connectivity index (χ0) is 15.7. The van der Waals surface area contributed by atoms with Crippen LogP contribution in [-0.4, -0.2) is 49.8 Å². The van der Waals surface area contributed by atoms with E-state index in [2.05, 4.69) is 17.1 Å². The van der Waals surface area contributed by atoms with Crippen LogP contribution in [0, 0.1) is 5.82 Å². The first-order valence-corrected chi connectivity index (χ1v) is 9.25. The van der Waals surface area contributed by atoms with Gasteiger partial charge in [-0.05, 0) is 24.1 Å². The van der Waals surface area contributed by atoms with Gasteiger partial charge in [0.2, 0.25) is 10.0 Å². The third kappa shape index (κ3) is 3.35. The van der Waals surface area contributed by atoms with E-state index in [0.29, 0.717) is 18.7 Å². The quantitative estimate of drug-likeness (QED) is 0.787. The smallest absolute Gasteiger partial charge is 0.218 e. The first kappa shape index (κ1) is 15.9. The Kier molecular flexibility index (Phi) is 4.54. The molecule has 2 aliphatic heterocycles. The molecule has 1 aromatic carbocycles. The van der Waals surface area contributed by atoms with E-state index in [4.69, 9.17) is 11.6 Å². The van der Waals surface area contributed by atoms with Crippen LogP contribution in [0.4, 0.5) is 4.39 Å². The molecule has 1 fully saturated rings. The maximum atomic E-state index is 13.2. The molecule has 2 aliphatic rings. The Labute approximate surface area is 135 Å². The average Bonchev–Trinajstić information content (AvgIpc) is 3.12. The summed E-state index contributed by atoms with van der Waals surface area (Å²) in [5.74, 6) is -0.677. The summed E-state index contributed by atoms with van der Waals surface area (Å²) < 4.78 is 39.7. The van der Waals surface area contributed by atoms with Crippen molar-refractivity contribution >= 4 is 21.6 Å². The average molecular weight is 345 g/mol. The number of hydrogen-bond acceptors (Lipinski definition) is 3. The summed E-state index contributed by atoms with van der Waals surface area (Å²) in [7, 11) is -3.40. The van der Waals surface area contributed by atoms with Crippen LogP contribution in [0.15, 0.2) is 30.4 Å². The minimum atomic E-state index is -3.40. The van der Waals surface area contributed by atoms with Crippen LogP contribution in [0.2, 0.25) is 5.02 Å². The Morgan fingerprint density at radius 2 is 2.00 bits per heavy atom. The van der Waals surface area contributed by atoms with E-state index < -0.39 is 15.8 Å². The van der Waals surface area contributed by atoms with E-state index >= 15 is 0 Å². The molecule has 0 aromatic heterocycles. The first-order valence-electron chi connectivity index (χ1n) is 7.26. The van der Waals surface area contributed by atoms with Gasteiger partial charge in [-0.2, -0.15) is 0 Å². The fourth-order valence-corrected chi connectivity index (χ4v) is 4.75. The molecule has 0 saturated carbocycles. The molecule has 22 heavy (non-hydrogen) atoms. The molecule has 120 valence electrons. The van der Waals surface area contributed by atoms with E-state index in [-0.39, 0.29) is 16.8 Å². The molecule has 2 heterocycles. The third-order valence-electron chi connectivity index (χ3n) is 4.22. The van der Waals surface area contributed by atoms with Gasteiger partial charge in [-0.15, -0.1) is 0 Å². The second kappa shape index (κ2) is 6.28. The summed E-state index contributed by atoms with van der Waals surface area (Å²) in [4.78, 5) is 2.28. The summed E-state index contributed by atoms with van der Waals surface area (Å²) in [6.07, 6.45) is 5.07. The number of hydrogen-bond donors (Lipinski definition) is 0. The van der Waals surface area contributed by atoms with Gasteiger partial charge in [0, 0.05) is 32.2 Å². The zero-order valence-electron chi connectivity index (χ0n) is 12.1. The second-order valence-electron chi connectivity index (χ2n) is 5.73. The maximum absolute atomic E-state index is 13.2.